The zero-order valence-corrected chi connectivity index (χ0v) is 22.3. The number of carbonyl (C=O) groups is 2. The minimum Gasteiger partial charge on any atom is -0.596 e. The van der Waals surface area contributed by atoms with E-state index < -0.39 is 6.69 Å². The number of rotatable bonds is 13. The van der Waals surface area contributed by atoms with E-state index >= 15 is 0 Å². The van der Waals surface area contributed by atoms with E-state index in [0.717, 1.165) is 28.3 Å². The first-order valence-corrected chi connectivity index (χ1v) is 14.1. The van der Waals surface area contributed by atoms with Gasteiger partial charge in [0.15, 0.2) is 0 Å². The smallest absolute Gasteiger partial charge is 0.596 e. The highest BCUT2D eigenvalue weighted by atomic mass is 32.1. The lowest BCUT2D eigenvalue weighted by atomic mass is 9.67. The normalized spacial score (nSPS) is 23.3. The number of nitrogens with zero attached hydrogens (tertiary/aromatic N) is 2. The van der Waals surface area contributed by atoms with Crippen LogP contribution in [0.5, 0.6) is 0 Å². The summed E-state index contributed by atoms with van der Waals surface area (Å²) in [5.74, 6) is -0.616. The number of anilines is 1. The lowest BCUT2D eigenvalue weighted by Gasteiger charge is -2.38. The highest BCUT2D eigenvalue weighted by molar-refractivity contribution is 7.27. The molecule has 0 amide bonds. The molecule has 0 saturated carbocycles. The van der Waals surface area contributed by atoms with E-state index in [-0.39, 0.29) is 29.4 Å². The number of fused-ring (bicyclic) bond motifs is 1. The van der Waals surface area contributed by atoms with Gasteiger partial charge in [0.05, 0.1) is 0 Å². The first-order chi connectivity index (χ1) is 16.9. The summed E-state index contributed by atoms with van der Waals surface area (Å²) in [5, 5.41) is 0. The largest absolute Gasteiger partial charge is 0.624 e. The minimum absolute atomic E-state index is 0.167. The molecule has 6 nitrogen and oxygen atoms in total. The molecule has 0 bridgehead atoms. The first kappa shape index (κ1) is 25.8. The average molecular weight is 498 g/mol. The minimum atomic E-state index is -2.16. The fourth-order valence-electron chi connectivity index (χ4n) is 5.39. The third-order valence-corrected chi connectivity index (χ3v) is 8.71. The summed E-state index contributed by atoms with van der Waals surface area (Å²) in [7, 11) is 1.87. The van der Waals surface area contributed by atoms with Gasteiger partial charge in [-0.1, -0.05) is 70.6 Å². The Labute approximate surface area is 213 Å². The second kappa shape index (κ2) is 11.2. The Kier molecular flexibility index (Phi) is 8.22. The van der Waals surface area contributed by atoms with Gasteiger partial charge in [-0.25, -0.2) is 0 Å². The predicted octanol–water partition coefficient (Wildman–Crippen LogP) is 5.09. The molecule has 190 valence electrons. The molecule has 2 aromatic rings. The Bertz CT molecular complexity index is 990. The fraction of sp³-hybridized carbons (Fsp3) is 0.556. The molecule has 8 heteroatoms. The highest BCUT2D eigenvalue weighted by Crippen LogP contribution is 2.36. The molecule has 2 aliphatic rings. The number of hydrogen-bond acceptors (Lipinski definition) is 6. The van der Waals surface area contributed by atoms with E-state index in [9.17, 15) is 9.59 Å². The van der Waals surface area contributed by atoms with E-state index in [1.54, 1.807) is 11.3 Å². The maximum atomic E-state index is 12.1. The second-order valence-corrected chi connectivity index (χ2v) is 11.4. The van der Waals surface area contributed by atoms with Gasteiger partial charge in [-0.05, 0) is 36.6 Å². The summed E-state index contributed by atoms with van der Waals surface area (Å²) in [6.07, 6.45) is 10.2. The third kappa shape index (κ3) is 5.43. The van der Waals surface area contributed by atoms with Crippen LogP contribution in [0.3, 0.4) is 0 Å². The summed E-state index contributed by atoms with van der Waals surface area (Å²) in [4.78, 5) is 27.9. The van der Waals surface area contributed by atoms with Crippen molar-refractivity contribution in [3.63, 3.8) is 0 Å². The Morgan fingerprint density at radius 2 is 1.40 bits per heavy atom. The molecule has 0 unspecified atom stereocenters. The van der Waals surface area contributed by atoms with Crippen molar-refractivity contribution in [2.75, 3.05) is 38.1 Å². The third-order valence-electron chi connectivity index (χ3n) is 7.45. The van der Waals surface area contributed by atoms with Crippen LogP contribution in [0, 0.1) is 0 Å². The molecule has 4 rings (SSSR count). The Morgan fingerprint density at radius 1 is 0.829 bits per heavy atom. The summed E-state index contributed by atoms with van der Waals surface area (Å²) in [6, 6.07) is 12.8. The van der Waals surface area contributed by atoms with Crippen molar-refractivity contribution in [3.05, 3.63) is 36.4 Å². The van der Waals surface area contributed by atoms with E-state index in [0.29, 0.717) is 0 Å². The summed E-state index contributed by atoms with van der Waals surface area (Å²) in [6.45, 7) is 4.89. The summed E-state index contributed by atoms with van der Waals surface area (Å²) in [5.41, 5.74) is 2.40. The van der Waals surface area contributed by atoms with Gasteiger partial charge in [0, 0.05) is 35.5 Å². The number of carbonyl (C=O) groups excluding carboxylic acids is 2. The van der Waals surface area contributed by atoms with Gasteiger partial charge in [0.1, 0.15) is 13.1 Å². The van der Waals surface area contributed by atoms with Crippen molar-refractivity contribution in [2.45, 2.75) is 65.2 Å². The van der Waals surface area contributed by atoms with Crippen molar-refractivity contribution in [1.82, 2.24) is 0 Å². The van der Waals surface area contributed by atoms with Crippen molar-refractivity contribution < 1.29 is 23.3 Å². The SMILES string of the molecule is CCCCCCN(CCCCCC)c1ccc(-c2ccc([B-]34OC(=O)C[N+]3(C)CC(=O)O4)s2)cc1. The van der Waals surface area contributed by atoms with E-state index in [1.165, 1.54) is 57.1 Å². The van der Waals surface area contributed by atoms with Gasteiger partial charge in [0.25, 0.3) is 0 Å². The molecule has 0 N–H and O–H groups in total. The lowest BCUT2D eigenvalue weighted by molar-refractivity contribution is -0.791. The molecule has 0 spiro atoms. The molecular formula is C27H39BN2O4S. The summed E-state index contributed by atoms with van der Waals surface area (Å²) >= 11 is 1.55. The molecule has 1 aromatic heterocycles. The van der Waals surface area contributed by atoms with Crippen LogP contribution in [-0.4, -0.2) is 56.2 Å². The number of likely N-dealkylation sites (N-methyl/N-ethyl adjacent to an activating group) is 1. The highest BCUT2D eigenvalue weighted by Gasteiger charge is 2.66. The van der Waals surface area contributed by atoms with Crippen molar-refractivity contribution >= 4 is 40.4 Å². The topological polar surface area (TPSA) is 55.8 Å². The summed E-state index contributed by atoms with van der Waals surface area (Å²) < 4.78 is 12.4. The number of benzene rings is 1. The quantitative estimate of drug-likeness (QED) is 0.285. The van der Waals surface area contributed by atoms with E-state index in [4.69, 9.17) is 9.31 Å². The van der Waals surface area contributed by atoms with Crippen LogP contribution in [0.2, 0.25) is 0 Å². The molecule has 2 saturated heterocycles. The monoisotopic (exact) mass is 498 g/mol. The van der Waals surface area contributed by atoms with Gasteiger partial charge >= 0.3 is 18.6 Å². The second-order valence-electron chi connectivity index (χ2n) is 10.3. The number of unbranched alkanes of at least 4 members (excludes halogenated alkanes) is 6. The molecule has 1 aromatic carbocycles. The van der Waals surface area contributed by atoms with Crippen molar-refractivity contribution in [3.8, 4) is 10.4 Å². The van der Waals surface area contributed by atoms with Gasteiger partial charge in [-0.15, -0.1) is 0 Å². The van der Waals surface area contributed by atoms with Gasteiger partial charge in [0.2, 0.25) is 0 Å². The zero-order valence-electron chi connectivity index (χ0n) is 21.5. The van der Waals surface area contributed by atoms with E-state index in [2.05, 4.69) is 43.0 Å². The van der Waals surface area contributed by atoms with Crippen LogP contribution in [0.15, 0.2) is 36.4 Å². The van der Waals surface area contributed by atoms with Gasteiger partial charge in [-0.3, -0.25) is 9.59 Å². The molecule has 0 radical (unpaired) electrons. The van der Waals surface area contributed by atoms with Gasteiger partial charge < -0.3 is 18.6 Å². The number of hydrogen-bond donors (Lipinski definition) is 0. The Morgan fingerprint density at radius 3 is 1.94 bits per heavy atom. The van der Waals surface area contributed by atoms with Crippen molar-refractivity contribution in [1.29, 1.82) is 0 Å². The zero-order chi connectivity index (χ0) is 24.9. The maximum Gasteiger partial charge on any atom is 0.624 e. The molecule has 2 fully saturated rings. The molecule has 3 heterocycles. The van der Waals surface area contributed by atoms with Crippen LogP contribution < -0.4 is 9.68 Å². The van der Waals surface area contributed by atoms with Crippen molar-refractivity contribution in [2.24, 2.45) is 0 Å². The van der Waals surface area contributed by atoms with Crippen LogP contribution in [0.25, 0.3) is 10.4 Å². The number of thiophene rings is 1. The average Bonchev–Trinajstić information content (AvgIpc) is 3.47. The van der Waals surface area contributed by atoms with Crippen LogP contribution in [0.4, 0.5) is 5.69 Å². The van der Waals surface area contributed by atoms with Gasteiger partial charge in [-0.2, -0.15) is 11.3 Å². The molecule has 0 aliphatic carbocycles. The fourth-order valence-corrected chi connectivity index (χ4v) is 6.67. The maximum absolute atomic E-state index is 12.1. The van der Waals surface area contributed by atoms with Crippen LogP contribution in [-0.2, 0) is 18.9 Å². The molecule has 2 aliphatic heterocycles. The molecule has 0 atom stereocenters. The predicted molar refractivity (Wildman–Crippen MR) is 144 cm³/mol. The molecule has 35 heavy (non-hydrogen) atoms. The molecular weight excluding hydrogens is 459 g/mol. The standard InChI is InChI=1S/C27H39BN2O4S/c1-4-6-8-10-18-29(19-11-9-7-5-2)23-14-12-22(13-15-23)24-16-17-25(35-24)28-30(3,20-26(31)33-28)21-27(32)34-28/h12-17H,4-11,18-21H2,1-3H3. The Balaban J connectivity index is 1.49. The van der Waals surface area contributed by atoms with Crippen LogP contribution in [0.1, 0.15) is 65.2 Å². The van der Waals surface area contributed by atoms with Crippen LogP contribution >= 0.6 is 11.3 Å². The lowest BCUT2D eigenvalue weighted by Crippen LogP contribution is -2.66. The Hall–Kier alpha value is -2.32. The first-order valence-electron chi connectivity index (χ1n) is 13.3. The number of quaternary nitrogens is 1. The van der Waals surface area contributed by atoms with E-state index in [1.807, 2.05) is 19.2 Å².